The number of anilines is 1. The summed E-state index contributed by atoms with van der Waals surface area (Å²) in [6.45, 7) is 2.02. The largest absolute Gasteiger partial charge is 0.489 e. The van der Waals surface area contributed by atoms with E-state index in [0.717, 1.165) is 12.1 Å². The minimum atomic E-state index is -4.51. The van der Waals surface area contributed by atoms with Crippen LogP contribution >= 0.6 is 12.4 Å². The van der Waals surface area contributed by atoms with Crippen LogP contribution in [0.1, 0.15) is 12.0 Å². The van der Waals surface area contributed by atoms with E-state index in [4.69, 9.17) is 14.2 Å². The van der Waals surface area contributed by atoms with Crippen LogP contribution in [0.3, 0.4) is 0 Å². The molecule has 1 aromatic rings. The first-order chi connectivity index (χ1) is 11.9. The second-order valence-electron chi connectivity index (χ2n) is 5.53. The van der Waals surface area contributed by atoms with E-state index >= 15 is 0 Å². The summed E-state index contributed by atoms with van der Waals surface area (Å²) in [7, 11) is 1.48. The molecule has 1 fully saturated rings. The van der Waals surface area contributed by atoms with Gasteiger partial charge in [0.1, 0.15) is 12.4 Å². The highest BCUT2D eigenvalue weighted by molar-refractivity contribution is 5.92. The van der Waals surface area contributed by atoms with E-state index in [9.17, 15) is 18.0 Å². The van der Waals surface area contributed by atoms with Gasteiger partial charge in [-0.15, -0.1) is 12.4 Å². The first-order valence-corrected chi connectivity index (χ1v) is 7.84. The van der Waals surface area contributed by atoms with Gasteiger partial charge in [-0.25, -0.2) is 0 Å². The fraction of sp³-hybridized carbons (Fsp3) is 0.562. The van der Waals surface area contributed by atoms with E-state index in [1.165, 1.54) is 13.2 Å². The zero-order valence-corrected chi connectivity index (χ0v) is 15.0. The Bertz CT molecular complexity index is 581. The molecule has 0 saturated carbocycles. The molecule has 0 aromatic heterocycles. The van der Waals surface area contributed by atoms with Gasteiger partial charge in [0.2, 0.25) is 5.91 Å². The molecule has 10 heteroatoms. The van der Waals surface area contributed by atoms with Crippen LogP contribution in [0.25, 0.3) is 0 Å². The van der Waals surface area contributed by atoms with Gasteiger partial charge in [0.25, 0.3) is 0 Å². The lowest BCUT2D eigenvalue weighted by Crippen LogP contribution is -2.43. The molecule has 1 aromatic carbocycles. The minimum Gasteiger partial charge on any atom is -0.489 e. The molecule has 1 atom stereocenters. The molecule has 2 rings (SSSR count). The second-order valence-corrected chi connectivity index (χ2v) is 5.53. The standard InChI is InChI=1S/C16H21F3N2O4.ClH/c1-23-6-7-25-14-3-2-11(16(17,18)19)8-13(14)21-15(22)9-12-10-24-5-4-20-12;/h2-3,8,12,20H,4-7,9-10H2,1H3,(H,21,22);1H. The predicted octanol–water partition coefficient (Wildman–Crippen LogP) is 2.47. The number of alkyl halides is 3. The first-order valence-electron chi connectivity index (χ1n) is 7.84. The monoisotopic (exact) mass is 398 g/mol. The van der Waals surface area contributed by atoms with Crippen LogP contribution in [0.15, 0.2) is 18.2 Å². The maximum atomic E-state index is 12.9. The van der Waals surface area contributed by atoms with Crippen LogP contribution in [0.4, 0.5) is 18.9 Å². The molecule has 1 unspecified atom stereocenters. The molecule has 26 heavy (non-hydrogen) atoms. The van der Waals surface area contributed by atoms with Crippen LogP contribution in [-0.2, 0) is 20.4 Å². The van der Waals surface area contributed by atoms with Gasteiger partial charge in [-0.05, 0) is 18.2 Å². The molecule has 0 aliphatic carbocycles. The molecule has 0 bridgehead atoms. The van der Waals surface area contributed by atoms with Crippen LogP contribution in [0, 0.1) is 0 Å². The molecule has 0 spiro atoms. The Kier molecular flexibility index (Phi) is 9.14. The molecule has 0 radical (unpaired) electrons. The maximum Gasteiger partial charge on any atom is 0.416 e. The van der Waals surface area contributed by atoms with Crippen molar-refractivity contribution in [3.05, 3.63) is 23.8 Å². The van der Waals surface area contributed by atoms with Crippen molar-refractivity contribution in [3.8, 4) is 5.75 Å². The van der Waals surface area contributed by atoms with E-state index in [1.807, 2.05) is 0 Å². The maximum absolute atomic E-state index is 12.9. The van der Waals surface area contributed by atoms with Crippen LogP contribution in [-0.4, -0.2) is 52.0 Å². The normalized spacial score (nSPS) is 17.3. The van der Waals surface area contributed by atoms with Crippen molar-refractivity contribution >= 4 is 24.0 Å². The third-order valence-corrected chi connectivity index (χ3v) is 3.56. The summed E-state index contributed by atoms with van der Waals surface area (Å²) in [6.07, 6.45) is -4.42. The summed E-state index contributed by atoms with van der Waals surface area (Å²) < 4.78 is 54.2. The Balaban J connectivity index is 0.00000338. The highest BCUT2D eigenvalue weighted by Gasteiger charge is 2.31. The number of rotatable bonds is 7. The number of hydrogen-bond donors (Lipinski definition) is 2. The second kappa shape index (κ2) is 10.6. The van der Waals surface area contributed by atoms with Gasteiger partial charge in [-0.2, -0.15) is 13.2 Å². The zero-order chi connectivity index (χ0) is 18.3. The third kappa shape index (κ3) is 6.99. The smallest absolute Gasteiger partial charge is 0.416 e. The number of halogens is 4. The van der Waals surface area contributed by atoms with Crippen molar-refractivity contribution in [2.24, 2.45) is 0 Å². The fourth-order valence-electron chi connectivity index (χ4n) is 2.34. The number of nitrogens with one attached hydrogen (secondary N) is 2. The summed E-state index contributed by atoms with van der Waals surface area (Å²) in [4.78, 5) is 12.2. The Morgan fingerprint density at radius 3 is 2.77 bits per heavy atom. The molecule has 1 saturated heterocycles. The van der Waals surface area contributed by atoms with E-state index in [2.05, 4.69) is 10.6 Å². The van der Waals surface area contributed by atoms with E-state index < -0.39 is 17.6 Å². The highest BCUT2D eigenvalue weighted by Crippen LogP contribution is 2.35. The van der Waals surface area contributed by atoms with Gasteiger partial charge in [-0.3, -0.25) is 4.79 Å². The van der Waals surface area contributed by atoms with Gasteiger partial charge in [0.15, 0.2) is 0 Å². The highest BCUT2D eigenvalue weighted by atomic mass is 35.5. The summed E-state index contributed by atoms with van der Waals surface area (Å²) in [5.41, 5.74) is -0.881. The quantitative estimate of drug-likeness (QED) is 0.691. The molecule has 148 valence electrons. The number of benzene rings is 1. The lowest BCUT2D eigenvalue weighted by atomic mass is 10.1. The molecule has 6 nitrogen and oxygen atoms in total. The van der Waals surface area contributed by atoms with Crippen molar-refractivity contribution in [1.29, 1.82) is 0 Å². The predicted molar refractivity (Wildman–Crippen MR) is 91.9 cm³/mol. The summed E-state index contributed by atoms with van der Waals surface area (Å²) >= 11 is 0. The Labute approximate surface area is 155 Å². The molecule has 1 heterocycles. The number of morpholine rings is 1. The molecular formula is C16H22ClF3N2O4. The SMILES string of the molecule is COCCOc1ccc(C(F)(F)F)cc1NC(=O)CC1COCCN1.Cl. The Morgan fingerprint density at radius 2 is 2.15 bits per heavy atom. The van der Waals surface area contributed by atoms with Crippen LogP contribution in [0.2, 0.25) is 0 Å². The third-order valence-electron chi connectivity index (χ3n) is 3.56. The van der Waals surface area contributed by atoms with Gasteiger partial charge < -0.3 is 24.8 Å². The number of ether oxygens (including phenoxy) is 3. The van der Waals surface area contributed by atoms with Crippen LogP contribution < -0.4 is 15.4 Å². The molecule has 1 aliphatic heterocycles. The zero-order valence-electron chi connectivity index (χ0n) is 14.2. The molecule has 1 amide bonds. The molecular weight excluding hydrogens is 377 g/mol. The topological polar surface area (TPSA) is 68.8 Å². The number of carbonyl (C=O) groups excluding carboxylic acids is 1. The van der Waals surface area contributed by atoms with E-state index in [0.29, 0.717) is 19.8 Å². The van der Waals surface area contributed by atoms with Gasteiger partial charge in [0, 0.05) is 26.1 Å². The van der Waals surface area contributed by atoms with Crippen molar-refractivity contribution in [1.82, 2.24) is 5.32 Å². The van der Waals surface area contributed by atoms with Crippen molar-refractivity contribution in [2.75, 3.05) is 45.4 Å². The van der Waals surface area contributed by atoms with Crippen molar-refractivity contribution in [3.63, 3.8) is 0 Å². The number of carbonyl (C=O) groups is 1. The fourth-order valence-corrected chi connectivity index (χ4v) is 2.34. The first kappa shape index (κ1) is 22.5. The number of amides is 1. The summed E-state index contributed by atoms with van der Waals surface area (Å²) in [5.74, 6) is -0.259. The summed E-state index contributed by atoms with van der Waals surface area (Å²) in [5, 5.41) is 5.61. The average molecular weight is 399 g/mol. The Morgan fingerprint density at radius 1 is 1.38 bits per heavy atom. The molecule has 1 aliphatic rings. The van der Waals surface area contributed by atoms with Crippen LogP contribution in [0.5, 0.6) is 5.75 Å². The van der Waals surface area contributed by atoms with Gasteiger partial charge in [-0.1, -0.05) is 0 Å². The number of hydrogen-bond acceptors (Lipinski definition) is 5. The Hall–Kier alpha value is -1.55. The van der Waals surface area contributed by atoms with Crippen molar-refractivity contribution in [2.45, 2.75) is 18.6 Å². The van der Waals surface area contributed by atoms with E-state index in [1.54, 1.807) is 0 Å². The van der Waals surface area contributed by atoms with Gasteiger partial charge >= 0.3 is 6.18 Å². The summed E-state index contributed by atoms with van der Waals surface area (Å²) in [6, 6.07) is 2.80. The van der Waals surface area contributed by atoms with Gasteiger partial charge in [0.05, 0.1) is 31.1 Å². The average Bonchev–Trinajstić information content (AvgIpc) is 2.56. The number of methoxy groups -OCH3 is 1. The van der Waals surface area contributed by atoms with E-state index in [-0.39, 0.29) is 49.5 Å². The molecule has 2 N–H and O–H groups in total. The minimum absolute atomic E-state index is 0. The lowest BCUT2D eigenvalue weighted by molar-refractivity contribution is -0.137. The lowest BCUT2D eigenvalue weighted by Gasteiger charge is -2.23. The van der Waals surface area contributed by atoms with Crippen molar-refractivity contribution < 1.29 is 32.2 Å².